The number of carbonyl (C=O) groups is 2. The first-order valence-corrected chi connectivity index (χ1v) is 5.07. The first kappa shape index (κ1) is 14.1. The lowest BCUT2D eigenvalue weighted by molar-refractivity contribution is -0.146. The van der Waals surface area contributed by atoms with E-state index in [-0.39, 0.29) is 30.2 Å². The lowest BCUT2D eigenvalue weighted by Crippen LogP contribution is -2.32. The number of rotatable bonds is 6. The molecule has 88 valence electrons. The molecule has 0 aliphatic rings. The van der Waals surface area contributed by atoms with Crippen LogP contribution < -0.4 is 0 Å². The van der Waals surface area contributed by atoms with Gasteiger partial charge in [0.25, 0.3) is 0 Å². The van der Waals surface area contributed by atoms with Crippen LogP contribution in [0.4, 0.5) is 0 Å². The molecule has 0 aliphatic carbocycles. The Labute approximate surface area is 90.9 Å². The summed E-state index contributed by atoms with van der Waals surface area (Å²) in [6, 6.07) is 0. The van der Waals surface area contributed by atoms with Gasteiger partial charge in [0.2, 0.25) is 0 Å². The van der Waals surface area contributed by atoms with Crippen molar-refractivity contribution in [2.75, 3.05) is 14.2 Å². The maximum absolute atomic E-state index is 11.8. The van der Waals surface area contributed by atoms with Gasteiger partial charge in [0.1, 0.15) is 5.78 Å². The fourth-order valence-corrected chi connectivity index (χ4v) is 1.35. The van der Waals surface area contributed by atoms with E-state index in [1.165, 1.54) is 14.2 Å². The average molecular weight is 216 g/mol. The van der Waals surface area contributed by atoms with Gasteiger partial charge in [-0.1, -0.05) is 13.8 Å². The Morgan fingerprint density at radius 1 is 1.13 bits per heavy atom. The molecule has 4 nitrogen and oxygen atoms in total. The maximum atomic E-state index is 11.8. The molecule has 0 heterocycles. The van der Waals surface area contributed by atoms with E-state index in [4.69, 9.17) is 4.74 Å². The van der Waals surface area contributed by atoms with E-state index in [1.54, 1.807) is 6.92 Å². The number of Topliss-reactive ketones (excluding diaryl/α,β-unsaturated/α-hetero) is 1. The summed E-state index contributed by atoms with van der Waals surface area (Å²) in [5.74, 6) is -0.854. The molecule has 0 aromatic rings. The summed E-state index contributed by atoms with van der Waals surface area (Å²) in [5, 5.41) is 0. The Morgan fingerprint density at radius 3 is 2.00 bits per heavy atom. The highest BCUT2D eigenvalue weighted by Crippen LogP contribution is 2.18. The van der Waals surface area contributed by atoms with Crippen molar-refractivity contribution in [3.8, 4) is 0 Å². The van der Waals surface area contributed by atoms with Crippen LogP contribution in [-0.2, 0) is 19.1 Å². The molecular formula is C11H20O4. The maximum Gasteiger partial charge on any atom is 0.306 e. The van der Waals surface area contributed by atoms with Gasteiger partial charge in [0, 0.05) is 13.0 Å². The molecule has 0 fully saturated rings. The van der Waals surface area contributed by atoms with Gasteiger partial charge in [-0.15, -0.1) is 0 Å². The summed E-state index contributed by atoms with van der Waals surface area (Å²) in [5.41, 5.74) is 0. The standard InChI is InChI=1S/C11H20O4/c1-7(2)11(13)9(8(3)14-4)6-10(12)15-5/h7-9H,6H2,1-5H3/t8-,9-/m0/s1. The van der Waals surface area contributed by atoms with Crippen LogP contribution in [0.5, 0.6) is 0 Å². The summed E-state index contributed by atoms with van der Waals surface area (Å²) in [6.07, 6.45) is -0.179. The zero-order valence-corrected chi connectivity index (χ0v) is 10.1. The van der Waals surface area contributed by atoms with E-state index in [9.17, 15) is 9.59 Å². The van der Waals surface area contributed by atoms with Crippen LogP contribution in [0.2, 0.25) is 0 Å². The Morgan fingerprint density at radius 2 is 1.67 bits per heavy atom. The molecule has 0 bridgehead atoms. The van der Waals surface area contributed by atoms with E-state index >= 15 is 0 Å². The van der Waals surface area contributed by atoms with E-state index in [2.05, 4.69) is 4.74 Å². The minimum absolute atomic E-state index is 0.0368. The molecule has 0 saturated carbocycles. The third-order valence-electron chi connectivity index (χ3n) is 2.49. The Hall–Kier alpha value is -0.900. The minimum atomic E-state index is -0.414. The number of carbonyl (C=O) groups excluding carboxylic acids is 2. The van der Waals surface area contributed by atoms with Gasteiger partial charge in [-0.2, -0.15) is 0 Å². The van der Waals surface area contributed by atoms with Crippen LogP contribution in [-0.4, -0.2) is 32.1 Å². The Balaban J connectivity index is 4.58. The minimum Gasteiger partial charge on any atom is -0.469 e. The van der Waals surface area contributed by atoms with Crippen molar-refractivity contribution in [3.05, 3.63) is 0 Å². The normalized spacial score (nSPS) is 14.8. The second kappa shape index (κ2) is 6.56. The van der Waals surface area contributed by atoms with Gasteiger partial charge < -0.3 is 9.47 Å². The van der Waals surface area contributed by atoms with Crippen molar-refractivity contribution < 1.29 is 19.1 Å². The highest BCUT2D eigenvalue weighted by molar-refractivity contribution is 5.87. The van der Waals surface area contributed by atoms with Crippen molar-refractivity contribution in [2.24, 2.45) is 11.8 Å². The largest absolute Gasteiger partial charge is 0.469 e. The molecule has 0 aromatic heterocycles. The van der Waals surface area contributed by atoms with Gasteiger partial charge in [-0.25, -0.2) is 0 Å². The van der Waals surface area contributed by atoms with Crippen molar-refractivity contribution in [3.63, 3.8) is 0 Å². The zero-order valence-electron chi connectivity index (χ0n) is 10.1. The summed E-state index contributed by atoms with van der Waals surface area (Å²) < 4.78 is 9.66. The fourth-order valence-electron chi connectivity index (χ4n) is 1.35. The Kier molecular flexibility index (Phi) is 6.17. The van der Waals surface area contributed by atoms with Crippen molar-refractivity contribution in [1.82, 2.24) is 0 Å². The molecule has 0 saturated heterocycles. The molecule has 2 atom stereocenters. The lowest BCUT2D eigenvalue weighted by Gasteiger charge is -2.22. The molecule has 0 N–H and O–H groups in total. The highest BCUT2D eigenvalue weighted by Gasteiger charge is 2.29. The van der Waals surface area contributed by atoms with Crippen molar-refractivity contribution in [1.29, 1.82) is 0 Å². The summed E-state index contributed by atoms with van der Waals surface area (Å²) in [4.78, 5) is 22.9. The van der Waals surface area contributed by atoms with Gasteiger partial charge in [0.05, 0.1) is 25.6 Å². The molecule has 4 heteroatoms. The van der Waals surface area contributed by atoms with Crippen molar-refractivity contribution in [2.45, 2.75) is 33.3 Å². The number of hydrogen-bond acceptors (Lipinski definition) is 4. The summed E-state index contributed by atoms with van der Waals surface area (Å²) >= 11 is 0. The van der Waals surface area contributed by atoms with Crippen LogP contribution in [0, 0.1) is 11.8 Å². The summed E-state index contributed by atoms with van der Waals surface area (Å²) in [7, 11) is 2.85. The van der Waals surface area contributed by atoms with Crippen LogP contribution in [0.3, 0.4) is 0 Å². The first-order chi connectivity index (χ1) is 6.93. The third kappa shape index (κ3) is 4.42. The quantitative estimate of drug-likeness (QED) is 0.630. The number of methoxy groups -OCH3 is 2. The van der Waals surface area contributed by atoms with E-state index < -0.39 is 5.92 Å². The molecular weight excluding hydrogens is 196 g/mol. The Bertz CT molecular complexity index is 223. The zero-order chi connectivity index (χ0) is 12.0. The van der Waals surface area contributed by atoms with Crippen LogP contribution in [0.15, 0.2) is 0 Å². The van der Waals surface area contributed by atoms with Crippen LogP contribution in [0.25, 0.3) is 0 Å². The fraction of sp³-hybridized carbons (Fsp3) is 0.818. The third-order valence-corrected chi connectivity index (χ3v) is 2.49. The first-order valence-electron chi connectivity index (χ1n) is 5.07. The molecule has 0 aromatic carbocycles. The monoisotopic (exact) mass is 216 g/mol. The number of esters is 1. The number of ether oxygens (including phenoxy) is 2. The molecule has 15 heavy (non-hydrogen) atoms. The average Bonchev–Trinajstić information content (AvgIpc) is 2.23. The predicted molar refractivity (Wildman–Crippen MR) is 56.4 cm³/mol. The van der Waals surface area contributed by atoms with E-state index in [0.717, 1.165) is 0 Å². The van der Waals surface area contributed by atoms with E-state index in [0.29, 0.717) is 0 Å². The molecule has 0 amide bonds. The second-order valence-corrected chi connectivity index (χ2v) is 3.88. The van der Waals surface area contributed by atoms with Crippen LogP contribution >= 0.6 is 0 Å². The highest BCUT2D eigenvalue weighted by atomic mass is 16.5. The van der Waals surface area contributed by atoms with Crippen molar-refractivity contribution >= 4 is 11.8 Å². The van der Waals surface area contributed by atoms with E-state index in [1.807, 2.05) is 13.8 Å². The smallest absolute Gasteiger partial charge is 0.306 e. The summed E-state index contributed by atoms with van der Waals surface area (Å²) in [6.45, 7) is 5.41. The topological polar surface area (TPSA) is 52.6 Å². The van der Waals surface area contributed by atoms with Gasteiger partial charge >= 0.3 is 5.97 Å². The van der Waals surface area contributed by atoms with Crippen LogP contribution in [0.1, 0.15) is 27.2 Å². The SMILES string of the molecule is COC(=O)C[C@H](C(=O)C(C)C)[C@H](C)OC. The number of ketones is 1. The predicted octanol–water partition coefficient (Wildman–Crippen LogP) is 1.43. The molecule has 0 spiro atoms. The molecule has 0 rings (SSSR count). The van der Waals surface area contributed by atoms with Gasteiger partial charge in [-0.05, 0) is 6.92 Å². The molecule has 0 unspecified atom stereocenters. The lowest BCUT2D eigenvalue weighted by atomic mass is 9.88. The number of hydrogen-bond donors (Lipinski definition) is 0. The molecule has 0 radical (unpaired) electrons. The molecule has 0 aliphatic heterocycles. The van der Waals surface area contributed by atoms with Gasteiger partial charge in [0.15, 0.2) is 0 Å². The second-order valence-electron chi connectivity index (χ2n) is 3.88. The van der Waals surface area contributed by atoms with Gasteiger partial charge in [-0.3, -0.25) is 9.59 Å².